The summed E-state index contributed by atoms with van der Waals surface area (Å²) in [5.41, 5.74) is 0. The van der Waals surface area contributed by atoms with Crippen LogP contribution >= 0.6 is 11.3 Å². The van der Waals surface area contributed by atoms with Crippen molar-refractivity contribution in [3.63, 3.8) is 0 Å². The van der Waals surface area contributed by atoms with E-state index in [0.717, 1.165) is 16.2 Å². The minimum Gasteiger partial charge on any atom is -0.428 e. The monoisotopic (exact) mass is 268 g/mol. The summed E-state index contributed by atoms with van der Waals surface area (Å²) < 4.78 is 9.39. The topological polar surface area (TPSA) is 52.6 Å². The molecule has 0 aliphatic rings. The number of esters is 2. The number of hydrogen-bond acceptors (Lipinski definition) is 5. The molecule has 0 saturated heterocycles. The van der Waals surface area contributed by atoms with Gasteiger partial charge in [-0.05, 0) is 25.5 Å². The van der Waals surface area contributed by atoms with Crippen molar-refractivity contribution in [2.45, 2.75) is 26.2 Å². The molecule has 1 atom stereocenters. The van der Waals surface area contributed by atoms with E-state index in [1.54, 1.807) is 18.3 Å². The maximum atomic E-state index is 11.7. The van der Waals surface area contributed by atoms with E-state index < -0.39 is 11.9 Å². The maximum absolute atomic E-state index is 11.7. The molecule has 1 unspecified atom stereocenters. The molecule has 1 aromatic rings. The van der Waals surface area contributed by atoms with Gasteiger partial charge < -0.3 is 9.47 Å². The molecule has 1 heterocycles. The van der Waals surface area contributed by atoms with Gasteiger partial charge in [0.25, 0.3) is 0 Å². The molecular weight excluding hydrogens is 252 g/mol. The first-order valence-corrected chi connectivity index (χ1v) is 6.35. The zero-order chi connectivity index (χ0) is 13.5. The van der Waals surface area contributed by atoms with Crippen LogP contribution in [0.1, 0.15) is 29.5 Å². The first-order chi connectivity index (χ1) is 8.54. The number of allylic oxidation sites excluding steroid dienone is 1. The Kier molecular flexibility index (Phi) is 5.58. The lowest BCUT2D eigenvalue weighted by Gasteiger charge is -2.09. The Morgan fingerprint density at radius 2 is 2.17 bits per heavy atom. The molecule has 0 amide bonds. The number of hydrogen-bond donors (Lipinski definition) is 0. The van der Waals surface area contributed by atoms with Crippen LogP contribution in [-0.2, 0) is 25.5 Å². The summed E-state index contributed by atoms with van der Waals surface area (Å²) in [5.74, 6) is -1.23. The Hall–Kier alpha value is -1.62. The zero-order valence-electron chi connectivity index (χ0n) is 10.5. The molecule has 0 N–H and O–H groups in total. The molecule has 18 heavy (non-hydrogen) atoms. The third kappa shape index (κ3) is 4.33. The van der Waals surface area contributed by atoms with Crippen molar-refractivity contribution in [2.75, 3.05) is 6.79 Å². The second-order valence-electron chi connectivity index (χ2n) is 3.74. The van der Waals surface area contributed by atoms with Crippen molar-refractivity contribution < 1.29 is 19.1 Å². The molecular formula is C13H16O4S. The zero-order valence-corrected chi connectivity index (χ0v) is 11.3. The van der Waals surface area contributed by atoms with E-state index in [9.17, 15) is 9.59 Å². The number of ether oxygens (including phenoxy) is 2. The standard InChI is InChI=1S/C13H16O4S/c1-4-5-11-6-7-12(18-11)9(2)13(15)17-8-16-10(3)14/h4,6-7,9H,1,5,8H2,2-3H3. The van der Waals surface area contributed by atoms with E-state index in [2.05, 4.69) is 11.3 Å². The van der Waals surface area contributed by atoms with E-state index in [4.69, 9.17) is 4.74 Å². The van der Waals surface area contributed by atoms with Gasteiger partial charge in [-0.1, -0.05) is 6.08 Å². The summed E-state index contributed by atoms with van der Waals surface area (Å²) in [5, 5.41) is 0. The van der Waals surface area contributed by atoms with Gasteiger partial charge in [-0.15, -0.1) is 17.9 Å². The average Bonchev–Trinajstić information content (AvgIpc) is 2.76. The smallest absolute Gasteiger partial charge is 0.316 e. The van der Waals surface area contributed by atoms with Crippen LogP contribution in [0.5, 0.6) is 0 Å². The molecule has 0 bridgehead atoms. The quantitative estimate of drug-likeness (QED) is 0.452. The van der Waals surface area contributed by atoms with E-state index >= 15 is 0 Å². The lowest BCUT2D eigenvalue weighted by molar-refractivity contribution is -0.166. The van der Waals surface area contributed by atoms with E-state index in [-0.39, 0.29) is 12.7 Å². The second-order valence-corrected chi connectivity index (χ2v) is 4.94. The predicted octanol–water partition coefficient (Wildman–Crippen LogP) is 2.64. The highest BCUT2D eigenvalue weighted by Crippen LogP contribution is 2.26. The highest BCUT2D eigenvalue weighted by atomic mass is 32.1. The van der Waals surface area contributed by atoms with Crippen molar-refractivity contribution in [1.82, 2.24) is 0 Å². The number of rotatable bonds is 6. The van der Waals surface area contributed by atoms with Crippen LogP contribution in [0.3, 0.4) is 0 Å². The average molecular weight is 268 g/mol. The molecule has 0 aromatic carbocycles. The highest BCUT2D eigenvalue weighted by Gasteiger charge is 2.18. The van der Waals surface area contributed by atoms with Gasteiger partial charge in [-0.3, -0.25) is 9.59 Å². The molecule has 0 radical (unpaired) electrons. The van der Waals surface area contributed by atoms with Gasteiger partial charge in [0.05, 0.1) is 5.92 Å². The van der Waals surface area contributed by atoms with Gasteiger partial charge in [-0.2, -0.15) is 0 Å². The predicted molar refractivity (Wildman–Crippen MR) is 69.4 cm³/mol. The fraction of sp³-hybridized carbons (Fsp3) is 0.385. The third-order valence-corrected chi connectivity index (χ3v) is 3.56. The van der Waals surface area contributed by atoms with Crippen LogP contribution < -0.4 is 0 Å². The second kappa shape index (κ2) is 6.96. The first-order valence-electron chi connectivity index (χ1n) is 5.54. The largest absolute Gasteiger partial charge is 0.428 e. The van der Waals surface area contributed by atoms with Crippen molar-refractivity contribution >= 4 is 23.3 Å². The summed E-state index contributed by atoms with van der Waals surface area (Å²) in [6, 6.07) is 3.87. The number of carbonyl (C=O) groups is 2. The van der Waals surface area contributed by atoms with E-state index in [1.807, 2.05) is 18.2 Å². The Bertz CT molecular complexity index is 436. The molecule has 0 fully saturated rings. The molecule has 0 aliphatic carbocycles. The molecule has 98 valence electrons. The third-order valence-electron chi connectivity index (χ3n) is 2.27. The normalized spacial score (nSPS) is 11.7. The van der Waals surface area contributed by atoms with Gasteiger partial charge in [-0.25, -0.2) is 0 Å². The van der Waals surface area contributed by atoms with Crippen LogP contribution in [0, 0.1) is 0 Å². The molecule has 0 saturated carbocycles. The molecule has 1 rings (SSSR count). The van der Waals surface area contributed by atoms with Gasteiger partial charge in [0.15, 0.2) is 0 Å². The summed E-state index contributed by atoms with van der Waals surface area (Å²) in [6.45, 7) is 6.36. The molecule has 0 aliphatic heterocycles. The van der Waals surface area contributed by atoms with Gasteiger partial charge in [0.2, 0.25) is 6.79 Å². The fourth-order valence-electron chi connectivity index (χ4n) is 1.29. The van der Waals surface area contributed by atoms with Gasteiger partial charge in [0.1, 0.15) is 0 Å². The minimum atomic E-state index is -0.472. The van der Waals surface area contributed by atoms with Crippen molar-refractivity contribution in [2.24, 2.45) is 0 Å². The molecule has 1 aromatic heterocycles. The minimum absolute atomic E-state index is 0.330. The molecule has 5 heteroatoms. The summed E-state index contributed by atoms with van der Waals surface area (Å²) in [7, 11) is 0. The summed E-state index contributed by atoms with van der Waals surface area (Å²) in [4.78, 5) is 24.3. The van der Waals surface area contributed by atoms with E-state index in [0.29, 0.717) is 0 Å². The van der Waals surface area contributed by atoms with E-state index in [1.165, 1.54) is 6.92 Å². The summed E-state index contributed by atoms with van der Waals surface area (Å²) >= 11 is 1.55. The lowest BCUT2D eigenvalue weighted by Crippen LogP contribution is -2.15. The maximum Gasteiger partial charge on any atom is 0.316 e. The lowest BCUT2D eigenvalue weighted by atomic mass is 10.1. The molecule has 4 nitrogen and oxygen atoms in total. The van der Waals surface area contributed by atoms with Crippen LogP contribution in [-0.4, -0.2) is 18.7 Å². The summed E-state index contributed by atoms with van der Waals surface area (Å²) in [6.07, 6.45) is 2.61. The highest BCUT2D eigenvalue weighted by molar-refractivity contribution is 7.12. The van der Waals surface area contributed by atoms with Crippen LogP contribution in [0.15, 0.2) is 24.8 Å². The first kappa shape index (κ1) is 14.4. The van der Waals surface area contributed by atoms with Crippen LogP contribution in [0.2, 0.25) is 0 Å². The van der Waals surface area contributed by atoms with Crippen LogP contribution in [0.25, 0.3) is 0 Å². The Labute approximate surface area is 110 Å². The van der Waals surface area contributed by atoms with Gasteiger partial charge in [0, 0.05) is 16.7 Å². The molecule has 0 spiro atoms. The van der Waals surface area contributed by atoms with Crippen molar-refractivity contribution in [1.29, 1.82) is 0 Å². The number of carbonyl (C=O) groups excluding carboxylic acids is 2. The fourth-order valence-corrected chi connectivity index (χ4v) is 2.34. The Morgan fingerprint density at radius 3 is 2.78 bits per heavy atom. The Balaban J connectivity index is 2.51. The van der Waals surface area contributed by atoms with Gasteiger partial charge >= 0.3 is 11.9 Å². The van der Waals surface area contributed by atoms with Crippen molar-refractivity contribution in [3.8, 4) is 0 Å². The van der Waals surface area contributed by atoms with Crippen molar-refractivity contribution in [3.05, 3.63) is 34.5 Å². The Morgan fingerprint density at radius 1 is 1.44 bits per heavy atom. The number of thiophene rings is 1. The van der Waals surface area contributed by atoms with Crippen LogP contribution in [0.4, 0.5) is 0 Å². The SMILES string of the molecule is C=CCc1ccc(C(C)C(=O)OCOC(C)=O)s1.